The molecule has 0 atom stereocenters. The fourth-order valence-corrected chi connectivity index (χ4v) is 16.1. The lowest BCUT2D eigenvalue weighted by atomic mass is 9.43. The van der Waals surface area contributed by atoms with Crippen molar-refractivity contribution in [2.75, 3.05) is 14.6 Å². The van der Waals surface area contributed by atoms with E-state index in [2.05, 4.69) is 333 Å². The smallest absolute Gasteiger partial charge is 0.333 e. The van der Waals surface area contributed by atoms with E-state index in [0.29, 0.717) is 0 Å². The zero-order valence-corrected chi connectivity index (χ0v) is 57.7. The summed E-state index contributed by atoms with van der Waals surface area (Å²) in [5, 5.41) is 2.23. The summed E-state index contributed by atoms with van der Waals surface area (Å²) < 4.78 is 7.50. The SMILES string of the molecule is CC(C)(C)c1ccc(N2B3c4cc(N(c5cccc(C(C)(C)C)c5)c5cccc(C(C)(C)C)c5)ccc4N(c4ccc(C(C)(C)C)cc4-c4ccccc4)c4cc5c(oc6ccccc65)c(c43)-c3ccc4c(c32)C(C)(C)c2cc3c(cc2-4)C(C)(C)CCC3(C)C)cc1. The summed E-state index contributed by atoms with van der Waals surface area (Å²) in [5.74, 6) is 0. The first kappa shape index (κ1) is 59.8. The van der Waals surface area contributed by atoms with Gasteiger partial charge in [0.25, 0.3) is 0 Å². The van der Waals surface area contributed by atoms with Crippen LogP contribution >= 0.6 is 0 Å². The lowest BCUT2D eigenvalue weighted by Gasteiger charge is -2.47. The van der Waals surface area contributed by atoms with Gasteiger partial charge in [-0.1, -0.05) is 234 Å². The molecular formula is C87H90BN3O. The third-order valence-corrected chi connectivity index (χ3v) is 21.7. The number of furan rings is 1. The average molecular weight is 1200 g/mol. The lowest BCUT2D eigenvalue weighted by Crippen LogP contribution is -2.62. The summed E-state index contributed by atoms with van der Waals surface area (Å²) in [5.41, 5.74) is 31.2. The zero-order chi connectivity index (χ0) is 64.7. The molecule has 0 saturated carbocycles. The highest BCUT2D eigenvalue weighted by Crippen LogP contribution is 2.62. The maximum absolute atomic E-state index is 7.50. The first-order valence-corrected chi connectivity index (χ1v) is 33.8. The van der Waals surface area contributed by atoms with Crippen LogP contribution in [-0.2, 0) is 37.9 Å². The van der Waals surface area contributed by atoms with Gasteiger partial charge in [0.15, 0.2) is 0 Å². The van der Waals surface area contributed by atoms with E-state index >= 15 is 0 Å². The van der Waals surface area contributed by atoms with Crippen LogP contribution in [0.5, 0.6) is 0 Å². The molecule has 15 rings (SSSR count). The molecule has 0 amide bonds. The molecule has 1 aromatic heterocycles. The standard InChI is InChI=1S/C87H90BN3O/c1-81(2,3)54-34-37-58(38-35-54)91-79-64(41-40-63-66-50-69-70(52-68(66)87(17,18)77(63)79)86(15,16)45-44-85(69,13)14)76-78-74(51-67-62-32-22-23-33-75(62)92-80(67)76)90(72-42-36-57(84(10,11)12)48-65(72)53-26-20-19-21-27-53)73-43-39-61(49-71(73)88(78)91)89(59-30-24-28-55(46-59)82(4,5)6)60-31-25-29-56(47-60)83(7,8)9/h19-43,46-52H,44-45H2,1-18H3. The van der Waals surface area contributed by atoms with Gasteiger partial charge >= 0.3 is 6.85 Å². The van der Waals surface area contributed by atoms with E-state index in [1.807, 2.05) is 0 Å². The second-order valence-electron chi connectivity index (χ2n) is 33.3. The molecule has 4 aliphatic rings. The van der Waals surface area contributed by atoms with E-state index in [1.54, 1.807) is 0 Å². The summed E-state index contributed by atoms with van der Waals surface area (Å²) in [4.78, 5) is 7.97. The van der Waals surface area contributed by atoms with Gasteiger partial charge in [0, 0.05) is 72.7 Å². The second-order valence-corrected chi connectivity index (χ2v) is 33.3. The van der Waals surface area contributed by atoms with Crippen LogP contribution in [0.15, 0.2) is 199 Å². The van der Waals surface area contributed by atoms with Gasteiger partial charge in [0.1, 0.15) is 11.2 Å². The quantitative estimate of drug-likeness (QED) is 0.155. The van der Waals surface area contributed by atoms with Gasteiger partial charge in [-0.2, -0.15) is 0 Å². The monoisotopic (exact) mass is 1200 g/mol. The molecule has 11 aromatic rings. The highest BCUT2D eigenvalue weighted by molar-refractivity contribution is 6.94. The zero-order valence-electron chi connectivity index (χ0n) is 57.7. The van der Waals surface area contributed by atoms with Crippen molar-refractivity contribution < 1.29 is 4.42 Å². The van der Waals surface area contributed by atoms with Gasteiger partial charge < -0.3 is 19.0 Å². The molecule has 3 heterocycles. The third-order valence-electron chi connectivity index (χ3n) is 21.7. The summed E-state index contributed by atoms with van der Waals surface area (Å²) in [6.07, 6.45) is 2.32. The van der Waals surface area contributed by atoms with Crippen LogP contribution in [0, 0.1) is 0 Å². The van der Waals surface area contributed by atoms with Crippen molar-refractivity contribution in [3.63, 3.8) is 0 Å². The molecule has 2 aliphatic carbocycles. The number of para-hydroxylation sites is 1. The summed E-state index contributed by atoms with van der Waals surface area (Å²) >= 11 is 0. The van der Waals surface area contributed by atoms with Gasteiger partial charge in [0.05, 0.1) is 5.69 Å². The van der Waals surface area contributed by atoms with E-state index in [1.165, 1.54) is 88.9 Å². The van der Waals surface area contributed by atoms with E-state index in [4.69, 9.17) is 4.42 Å². The van der Waals surface area contributed by atoms with Gasteiger partial charge in [-0.25, -0.2) is 0 Å². The van der Waals surface area contributed by atoms with Crippen LogP contribution < -0.4 is 25.5 Å². The van der Waals surface area contributed by atoms with Crippen molar-refractivity contribution >= 4 is 85.2 Å². The van der Waals surface area contributed by atoms with E-state index < -0.39 is 5.41 Å². The van der Waals surface area contributed by atoms with Crippen molar-refractivity contribution in [2.24, 2.45) is 0 Å². The minimum atomic E-state index is -0.397. The topological polar surface area (TPSA) is 22.9 Å². The minimum absolute atomic E-state index is 0.0445. The highest BCUT2D eigenvalue weighted by Gasteiger charge is 2.52. The lowest BCUT2D eigenvalue weighted by molar-refractivity contribution is 0.331. The first-order chi connectivity index (χ1) is 43.4. The molecule has 0 radical (unpaired) electrons. The molecule has 462 valence electrons. The number of anilines is 8. The fourth-order valence-electron chi connectivity index (χ4n) is 16.1. The summed E-state index contributed by atoms with van der Waals surface area (Å²) in [7, 11) is 0. The number of nitrogens with zero attached hydrogens (tertiary/aromatic N) is 3. The molecule has 4 nitrogen and oxygen atoms in total. The highest BCUT2D eigenvalue weighted by atomic mass is 16.3. The number of benzene rings is 10. The number of hydrogen-bond donors (Lipinski definition) is 0. The largest absolute Gasteiger partial charge is 0.455 e. The molecule has 0 saturated heterocycles. The third kappa shape index (κ3) is 9.28. The Bertz CT molecular complexity index is 4780. The molecule has 0 spiro atoms. The van der Waals surface area contributed by atoms with Gasteiger partial charge in [-0.3, -0.25) is 0 Å². The Labute approximate surface area is 548 Å². The predicted octanol–water partition coefficient (Wildman–Crippen LogP) is 23.3. The normalized spacial score (nSPS) is 16.0. The average Bonchev–Trinajstić information content (AvgIpc) is 1.08. The van der Waals surface area contributed by atoms with Crippen LogP contribution in [0.25, 0.3) is 55.3 Å². The number of fused-ring (bicyclic) bond motifs is 13. The molecule has 0 fully saturated rings. The van der Waals surface area contributed by atoms with Crippen LogP contribution in [0.2, 0.25) is 0 Å². The summed E-state index contributed by atoms with van der Waals surface area (Å²) in [6.45, 7) is 42.5. The van der Waals surface area contributed by atoms with E-state index in [9.17, 15) is 0 Å². The van der Waals surface area contributed by atoms with Crippen molar-refractivity contribution in [1.29, 1.82) is 0 Å². The maximum atomic E-state index is 7.50. The molecular weight excluding hydrogens is 1110 g/mol. The predicted molar refractivity (Wildman–Crippen MR) is 395 cm³/mol. The Kier molecular flexibility index (Phi) is 13.1. The van der Waals surface area contributed by atoms with Crippen molar-refractivity contribution in [3.8, 4) is 33.4 Å². The summed E-state index contributed by atoms with van der Waals surface area (Å²) in [6, 6.07) is 75.5. The molecule has 2 aliphatic heterocycles. The molecule has 0 N–H and O–H groups in total. The van der Waals surface area contributed by atoms with Crippen molar-refractivity contribution in [1.82, 2.24) is 0 Å². The van der Waals surface area contributed by atoms with Gasteiger partial charge in [0.2, 0.25) is 0 Å². The molecule has 0 bridgehead atoms. The van der Waals surface area contributed by atoms with Crippen LogP contribution in [-0.4, -0.2) is 6.85 Å². The maximum Gasteiger partial charge on any atom is 0.333 e. The molecule has 5 heteroatoms. The van der Waals surface area contributed by atoms with E-state index in [-0.39, 0.29) is 39.3 Å². The number of hydrogen-bond acceptors (Lipinski definition) is 4. The Balaban J connectivity index is 1.12. The molecule has 92 heavy (non-hydrogen) atoms. The molecule has 10 aromatic carbocycles. The second kappa shape index (κ2) is 20.2. The Morgan fingerprint density at radius 1 is 0.424 bits per heavy atom. The van der Waals surface area contributed by atoms with Crippen LogP contribution in [0.3, 0.4) is 0 Å². The fraction of sp³-hybridized carbons (Fsp3) is 0.310. The van der Waals surface area contributed by atoms with Gasteiger partial charge in [-0.15, -0.1) is 0 Å². The van der Waals surface area contributed by atoms with Crippen molar-refractivity contribution in [2.45, 2.75) is 175 Å². The van der Waals surface area contributed by atoms with Crippen LogP contribution in [0.1, 0.15) is 182 Å². The van der Waals surface area contributed by atoms with Crippen molar-refractivity contribution in [3.05, 3.63) is 239 Å². The molecule has 0 unspecified atom stereocenters. The Morgan fingerprint density at radius 2 is 0.978 bits per heavy atom. The van der Waals surface area contributed by atoms with Crippen LogP contribution in [0.4, 0.5) is 45.5 Å². The van der Waals surface area contributed by atoms with E-state index in [0.717, 1.165) is 80.2 Å². The Morgan fingerprint density at radius 3 is 1.61 bits per heavy atom. The van der Waals surface area contributed by atoms with Gasteiger partial charge in [-0.05, 0) is 202 Å². The first-order valence-electron chi connectivity index (χ1n) is 33.8. The number of rotatable bonds is 6. The minimum Gasteiger partial charge on any atom is -0.455 e. The Hall–Kier alpha value is -8.54.